The summed E-state index contributed by atoms with van der Waals surface area (Å²) in [6.07, 6.45) is 52.3. The Bertz CT molecular complexity index is 996. The van der Waals surface area contributed by atoms with E-state index >= 15 is 0 Å². The molecule has 1 atom stereocenters. The molecule has 0 N–H and O–H groups in total. The largest absolute Gasteiger partial charge is 0.462 e. The van der Waals surface area contributed by atoms with E-state index < -0.39 is 6.10 Å². The minimum atomic E-state index is -0.779. The van der Waals surface area contributed by atoms with E-state index in [2.05, 4.69) is 69.4 Å². The number of esters is 3. The highest BCUT2D eigenvalue weighted by molar-refractivity contribution is 5.71. The van der Waals surface area contributed by atoms with Crippen LogP contribution in [0, 0.1) is 0 Å². The molecule has 0 aliphatic carbocycles. The van der Waals surface area contributed by atoms with Crippen LogP contribution in [0.25, 0.3) is 0 Å². The maximum Gasteiger partial charge on any atom is 0.306 e. The van der Waals surface area contributed by atoms with E-state index in [1.54, 1.807) is 0 Å². The van der Waals surface area contributed by atoms with Crippen LogP contribution < -0.4 is 0 Å². The topological polar surface area (TPSA) is 78.9 Å². The standard InChI is InChI=1S/C50H88O6/c1-4-7-10-13-16-19-22-24-25-26-29-31-34-37-40-43-49(52)55-46-47(56-50(53)44-41-38-35-32-27-21-18-15-12-9-6-3)45-54-48(51)42-39-36-33-30-28-23-20-17-14-11-8-5-2/h7,10,15-16,18-19,24-25,47H,4-6,8-9,11-14,17,20-23,26-46H2,1-3H3/b10-7-,18-15-,19-16-,25-24-/t47-/m0/s1. The van der Waals surface area contributed by atoms with Gasteiger partial charge in [0.15, 0.2) is 6.10 Å². The smallest absolute Gasteiger partial charge is 0.306 e. The van der Waals surface area contributed by atoms with Crippen molar-refractivity contribution in [3.8, 4) is 0 Å². The number of hydrogen-bond donors (Lipinski definition) is 0. The van der Waals surface area contributed by atoms with Gasteiger partial charge in [0.2, 0.25) is 0 Å². The first-order valence-corrected chi connectivity index (χ1v) is 23.6. The van der Waals surface area contributed by atoms with Crippen molar-refractivity contribution in [2.45, 2.75) is 239 Å². The molecule has 0 aliphatic rings. The number of ether oxygens (including phenoxy) is 3. The summed E-state index contributed by atoms with van der Waals surface area (Å²) in [5.74, 6) is -0.907. The molecule has 0 unspecified atom stereocenters. The van der Waals surface area contributed by atoms with Gasteiger partial charge in [-0.25, -0.2) is 0 Å². The molecule has 0 aromatic rings. The fourth-order valence-electron chi connectivity index (χ4n) is 6.50. The number of allylic oxidation sites excluding steroid dienone is 8. The Morgan fingerprint density at radius 2 is 0.714 bits per heavy atom. The molecule has 0 rings (SSSR count). The second kappa shape index (κ2) is 45.1. The zero-order chi connectivity index (χ0) is 40.8. The summed E-state index contributed by atoms with van der Waals surface area (Å²) in [7, 11) is 0. The third-order valence-electron chi connectivity index (χ3n) is 10.1. The van der Waals surface area contributed by atoms with Crippen molar-refractivity contribution in [2.24, 2.45) is 0 Å². The Balaban J connectivity index is 4.39. The van der Waals surface area contributed by atoms with Crippen molar-refractivity contribution >= 4 is 17.9 Å². The summed E-state index contributed by atoms with van der Waals surface area (Å²) in [5.41, 5.74) is 0. The van der Waals surface area contributed by atoms with E-state index in [9.17, 15) is 14.4 Å². The van der Waals surface area contributed by atoms with Crippen LogP contribution in [0.5, 0.6) is 0 Å². The lowest BCUT2D eigenvalue weighted by molar-refractivity contribution is -0.167. The number of hydrogen-bond acceptors (Lipinski definition) is 6. The average molecular weight is 785 g/mol. The molecule has 0 saturated heterocycles. The van der Waals surface area contributed by atoms with Crippen LogP contribution in [0.4, 0.5) is 0 Å². The highest BCUT2D eigenvalue weighted by atomic mass is 16.6. The maximum atomic E-state index is 12.7. The predicted octanol–water partition coefficient (Wildman–Crippen LogP) is 15.1. The lowest BCUT2D eigenvalue weighted by Crippen LogP contribution is -2.30. The molecule has 0 spiro atoms. The van der Waals surface area contributed by atoms with Gasteiger partial charge in [-0.1, -0.05) is 191 Å². The first kappa shape index (κ1) is 53.4. The van der Waals surface area contributed by atoms with Crippen LogP contribution in [0.1, 0.15) is 233 Å². The Kier molecular flexibility index (Phi) is 43.0. The van der Waals surface area contributed by atoms with Crippen LogP contribution in [0.3, 0.4) is 0 Å². The van der Waals surface area contributed by atoms with Gasteiger partial charge < -0.3 is 14.2 Å². The van der Waals surface area contributed by atoms with Crippen molar-refractivity contribution in [3.63, 3.8) is 0 Å². The van der Waals surface area contributed by atoms with Crippen molar-refractivity contribution in [2.75, 3.05) is 13.2 Å². The van der Waals surface area contributed by atoms with Crippen LogP contribution in [0.2, 0.25) is 0 Å². The molecule has 0 aromatic heterocycles. The summed E-state index contributed by atoms with van der Waals surface area (Å²) in [6.45, 7) is 6.46. The Labute approximate surface area is 346 Å². The molecule has 0 saturated carbocycles. The molecule has 324 valence electrons. The van der Waals surface area contributed by atoms with Gasteiger partial charge in [-0.05, 0) is 70.6 Å². The zero-order valence-electron chi connectivity index (χ0n) is 36.9. The summed E-state index contributed by atoms with van der Waals surface area (Å²) in [4.78, 5) is 37.8. The van der Waals surface area contributed by atoms with Gasteiger partial charge in [0, 0.05) is 19.3 Å². The molecule has 0 heterocycles. The summed E-state index contributed by atoms with van der Waals surface area (Å²) in [5, 5.41) is 0. The lowest BCUT2D eigenvalue weighted by Gasteiger charge is -2.18. The predicted molar refractivity (Wildman–Crippen MR) is 238 cm³/mol. The molecule has 6 heteroatoms. The highest BCUT2D eigenvalue weighted by Gasteiger charge is 2.19. The van der Waals surface area contributed by atoms with Crippen molar-refractivity contribution in [3.05, 3.63) is 48.6 Å². The van der Waals surface area contributed by atoms with E-state index in [4.69, 9.17) is 14.2 Å². The van der Waals surface area contributed by atoms with E-state index in [1.165, 1.54) is 83.5 Å². The normalized spacial score (nSPS) is 12.4. The van der Waals surface area contributed by atoms with Gasteiger partial charge in [0.1, 0.15) is 13.2 Å². The summed E-state index contributed by atoms with van der Waals surface area (Å²) < 4.78 is 16.7. The summed E-state index contributed by atoms with van der Waals surface area (Å²) in [6, 6.07) is 0. The van der Waals surface area contributed by atoms with Gasteiger partial charge in [-0.3, -0.25) is 14.4 Å². The van der Waals surface area contributed by atoms with E-state index in [0.29, 0.717) is 19.3 Å². The molecule has 0 aliphatic heterocycles. The molecular weight excluding hydrogens is 697 g/mol. The van der Waals surface area contributed by atoms with Crippen LogP contribution in [0.15, 0.2) is 48.6 Å². The Hall–Kier alpha value is -2.63. The second-order valence-electron chi connectivity index (χ2n) is 15.6. The Morgan fingerprint density at radius 3 is 1.16 bits per heavy atom. The first-order chi connectivity index (χ1) is 27.5. The number of carbonyl (C=O) groups excluding carboxylic acids is 3. The van der Waals surface area contributed by atoms with Gasteiger partial charge in [0.25, 0.3) is 0 Å². The fraction of sp³-hybridized carbons (Fsp3) is 0.780. The minimum Gasteiger partial charge on any atom is -0.462 e. The van der Waals surface area contributed by atoms with Crippen molar-refractivity contribution in [1.29, 1.82) is 0 Å². The minimum absolute atomic E-state index is 0.0804. The summed E-state index contributed by atoms with van der Waals surface area (Å²) >= 11 is 0. The maximum absolute atomic E-state index is 12.7. The molecule has 0 aromatic carbocycles. The molecule has 0 amide bonds. The number of unbranched alkanes of at least 4 members (excludes halogenated alkanes) is 23. The van der Waals surface area contributed by atoms with Gasteiger partial charge in [-0.2, -0.15) is 0 Å². The third kappa shape index (κ3) is 42.5. The molecule has 56 heavy (non-hydrogen) atoms. The van der Waals surface area contributed by atoms with E-state index in [1.807, 2.05) is 0 Å². The molecular formula is C50H88O6. The third-order valence-corrected chi connectivity index (χ3v) is 10.1. The molecule has 0 radical (unpaired) electrons. The molecule has 6 nitrogen and oxygen atoms in total. The van der Waals surface area contributed by atoms with Crippen LogP contribution in [-0.2, 0) is 28.6 Å². The van der Waals surface area contributed by atoms with Crippen molar-refractivity contribution in [1.82, 2.24) is 0 Å². The number of carbonyl (C=O) groups is 3. The SMILES string of the molecule is CC/C=C\C/C=C\C/C=C\CCCCCCCC(=O)OC[C@H](COC(=O)CCCCCCCCCCCCCC)OC(=O)CCCCCCC/C=C\CCCC. The van der Waals surface area contributed by atoms with E-state index in [-0.39, 0.29) is 31.1 Å². The fourth-order valence-corrected chi connectivity index (χ4v) is 6.50. The highest BCUT2D eigenvalue weighted by Crippen LogP contribution is 2.14. The zero-order valence-corrected chi connectivity index (χ0v) is 36.9. The van der Waals surface area contributed by atoms with Crippen LogP contribution in [-0.4, -0.2) is 37.2 Å². The number of rotatable bonds is 42. The van der Waals surface area contributed by atoms with E-state index in [0.717, 1.165) is 109 Å². The van der Waals surface area contributed by atoms with Crippen molar-refractivity contribution < 1.29 is 28.6 Å². The second-order valence-corrected chi connectivity index (χ2v) is 15.6. The van der Waals surface area contributed by atoms with Gasteiger partial charge in [0.05, 0.1) is 0 Å². The van der Waals surface area contributed by atoms with Gasteiger partial charge >= 0.3 is 17.9 Å². The van der Waals surface area contributed by atoms with Gasteiger partial charge in [-0.15, -0.1) is 0 Å². The van der Waals surface area contributed by atoms with Crippen LogP contribution >= 0.6 is 0 Å². The molecule has 0 fully saturated rings. The average Bonchev–Trinajstić information content (AvgIpc) is 3.19. The molecule has 0 bridgehead atoms. The monoisotopic (exact) mass is 785 g/mol. The first-order valence-electron chi connectivity index (χ1n) is 23.6. The quantitative estimate of drug-likeness (QED) is 0.0265. The lowest BCUT2D eigenvalue weighted by atomic mass is 10.0. The Morgan fingerprint density at radius 1 is 0.375 bits per heavy atom.